The van der Waals surface area contributed by atoms with Crippen LogP contribution >= 0.6 is 0 Å². The number of esters is 1. The Morgan fingerprint density at radius 1 is 1.29 bits per heavy atom. The van der Waals surface area contributed by atoms with Gasteiger partial charge in [0.1, 0.15) is 5.41 Å². The first kappa shape index (κ1) is 16.5. The van der Waals surface area contributed by atoms with E-state index < -0.39 is 13.7 Å². The molecule has 3 atom stereocenters. The van der Waals surface area contributed by atoms with E-state index in [1.54, 1.807) is 0 Å². The first-order valence-electron chi connectivity index (χ1n) is 8.12. The molecular formula is C15H27NO4Si. The average Bonchev–Trinajstić information content (AvgIpc) is 3.16. The lowest BCUT2D eigenvalue weighted by Crippen LogP contribution is -2.58. The minimum absolute atomic E-state index is 0.0132. The number of hydrogen-bond donors (Lipinski definition) is 1. The third-order valence-electron chi connectivity index (χ3n) is 5.26. The SMILES string of the molecule is CCOC(=O)C1(C2CC(=O)N2)CC1O[Si](CC)(CC)CC. The first-order chi connectivity index (χ1) is 9.97. The van der Waals surface area contributed by atoms with Crippen molar-refractivity contribution in [3.63, 3.8) is 0 Å². The molecule has 0 radical (unpaired) electrons. The summed E-state index contributed by atoms with van der Waals surface area (Å²) in [7, 11) is -1.75. The molecule has 1 N–H and O–H groups in total. The maximum atomic E-state index is 12.4. The van der Waals surface area contributed by atoms with E-state index in [-0.39, 0.29) is 24.0 Å². The molecule has 2 fully saturated rings. The standard InChI is InChI=1S/C15H27NO4Si/c1-5-19-14(18)15(11-9-13(17)16-11)10-12(15)20-21(6-2,7-3)8-4/h11-12H,5-10H2,1-4H3,(H,16,17). The number of amides is 1. The zero-order valence-corrected chi connectivity index (χ0v) is 14.5. The van der Waals surface area contributed by atoms with Crippen LogP contribution in [0.3, 0.4) is 0 Å². The summed E-state index contributed by atoms with van der Waals surface area (Å²) < 4.78 is 11.7. The monoisotopic (exact) mass is 313 g/mol. The largest absolute Gasteiger partial charge is 0.465 e. The average molecular weight is 313 g/mol. The predicted octanol–water partition coefficient (Wildman–Crippen LogP) is 2.22. The lowest BCUT2D eigenvalue weighted by atomic mass is 9.87. The highest BCUT2D eigenvalue weighted by molar-refractivity contribution is 6.73. The van der Waals surface area contributed by atoms with Gasteiger partial charge in [-0.15, -0.1) is 0 Å². The van der Waals surface area contributed by atoms with E-state index in [1.807, 2.05) is 6.92 Å². The molecule has 1 amide bonds. The van der Waals surface area contributed by atoms with Gasteiger partial charge in [-0.3, -0.25) is 9.59 Å². The van der Waals surface area contributed by atoms with Crippen LogP contribution in [0.25, 0.3) is 0 Å². The Morgan fingerprint density at radius 3 is 2.29 bits per heavy atom. The summed E-state index contributed by atoms with van der Waals surface area (Å²) in [4.78, 5) is 23.6. The minimum atomic E-state index is -1.75. The smallest absolute Gasteiger partial charge is 0.316 e. The van der Waals surface area contributed by atoms with Crippen LogP contribution in [0.2, 0.25) is 18.1 Å². The van der Waals surface area contributed by atoms with E-state index in [4.69, 9.17) is 9.16 Å². The van der Waals surface area contributed by atoms with E-state index in [1.165, 1.54) is 0 Å². The second-order valence-electron chi connectivity index (χ2n) is 6.14. The molecule has 1 saturated carbocycles. The Balaban J connectivity index is 2.11. The molecule has 2 rings (SSSR count). The van der Waals surface area contributed by atoms with Gasteiger partial charge in [-0.05, 0) is 31.5 Å². The van der Waals surface area contributed by atoms with Gasteiger partial charge >= 0.3 is 5.97 Å². The summed E-state index contributed by atoms with van der Waals surface area (Å²) >= 11 is 0. The van der Waals surface area contributed by atoms with Gasteiger partial charge < -0.3 is 14.5 Å². The highest BCUT2D eigenvalue weighted by atomic mass is 28.4. The van der Waals surface area contributed by atoms with Gasteiger partial charge in [0, 0.05) is 6.42 Å². The van der Waals surface area contributed by atoms with Crippen LogP contribution in [0.1, 0.15) is 40.5 Å². The van der Waals surface area contributed by atoms with Crippen molar-refractivity contribution in [3.05, 3.63) is 0 Å². The summed E-state index contributed by atoms with van der Waals surface area (Å²) in [5, 5.41) is 2.85. The van der Waals surface area contributed by atoms with Crippen molar-refractivity contribution in [2.45, 2.75) is 70.8 Å². The molecule has 6 heteroatoms. The molecule has 120 valence electrons. The van der Waals surface area contributed by atoms with Crippen molar-refractivity contribution in [2.24, 2.45) is 5.41 Å². The van der Waals surface area contributed by atoms with Crippen LogP contribution in [-0.4, -0.2) is 38.9 Å². The molecule has 1 saturated heterocycles. The lowest BCUT2D eigenvalue weighted by molar-refractivity contribution is -0.155. The Labute approximate surface area is 127 Å². The van der Waals surface area contributed by atoms with Crippen LogP contribution in [0, 0.1) is 5.41 Å². The molecule has 0 spiro atoms. The fourth-order valence-corrected chi connectivity index (χ4v) is 6.25. The molecule has 2 aliphatic rings. The summed E-state index contributed by atoms with van der Waals surface area (Å²) in [5.74, 6) is -0.189. The van der Waals surface area contributed by atoms with Crippen LogP contribution in [-0.2, 0) is 18.8 Å². The van der Waals surface area contributed by atoms with Gasteiger partial charge in [0.05, 0.1) is 18.8 Å². The zero-order chi connectivity index (χ0) is 15.7. The van der Waals surface area contributed by atoms with Crippen LogP contribution in [0.4, 0.5) is 0 Å². The van der Waals surface area contributed by atoms with Gasteiger partial charge in [-0.1, -0.05) is 20.8 Å². The Hall–Kier alpha value is -0.883. The third kappa shape index (κ3) is 2.75. The molecule has 1 heterocycles. The van der Waals surface area contributed by atoms with Gasteiger partial charge in [0.2, 0.25) is 5.91 Å². The Morgan fingerprint density at radius 2 is 1.86 bits per heavy atom. The van der Waals surface area contributed by atoms with Crippen molar-refractivity contribution < 1.29 is 18.8 Å². The third-order valence-corrected chi connectivity index (χ3v) is 9.92. The number of hydrogen-bond acceptors (Lipinski definition) is 4. The zero-order valence-electron chi connectivity index (χ0n) is 13.5. The maximum absolute atomic E-state index is 12.4. The van der Waals surface area contributed by atoms with Crippen molar-refractivity contribution in [1.29, 1.82) is 0 Å². The number of carbonyl (C=O) groups is 2. The summed E-state index contributed by atoms with van der Waals surface area (Å²) in [5.41, 5.74) is -0.623. The van der Waals surface area contributed by atoms with Gasteiger partial charge in [0.15, 0.2) is 8.32 Å². The molecule has 0 bridgehead atoms. The van der Waals surface area contributed by atoms with E-state index >= 15 is 0 Å². The van der Waals surface area contributed by atoms with Crippen LogP contribution in [0.15, 0.2) is 0 Å². The Kier molecular flexibility index (Phi) is 4.78. The predicted molar refractivity (Wildman–Crippen MR) is 82.3 cm³/mol. The number of carbonyl (C=O) groups excluding carboxylic acids is 2. The molecular weight excluding hydrogens is 286 g/mol. The van der Waals surface area contributed by atoms with Gasteiger partial charge in [0.25, 0.3) is 0 Å². The summed E-state index contributed by atoms with van der Waals surface area (Å²) in [6.45, 7) is 8.72. The minimum Gasteiger partial charge on any atom is -0.465 e. The topological polar surface area (TPSA) is 64.6 Å². The van der Waals surface area contributed by atoms with Crippen molar-refractivity contribution in [3.8, 4) is 0 Å². The summed E-state index contributed by atoms with van der Waals surface area (Å²) in [6.07, 6.45) is 1.03. The molecule has 0 aromatic rings. The number of β-lactam (4-membered cyclic amide) rings is 1. The van der Waals surface area contributed by atoms with E-state index in [2.05, 4.69) is 26.1 Å². The quantitative estimate of drug-likeness (QED) is 0.424. The molecule has 3 unspecified atom stereocenters. The molecule has 21 heavy (non-hydrogen) atoms. The van der Waals surface area contributed by atoms with Gasteiger partial charge in [-0.25, -0.2) is 0 Å². The Bertz CT molecular complexity index is 408. The van der Waals surface area contributed by atoms with Gasteiger partial charge in [-0.2, -0.15) is 0 Å². The van der Waals surface area contributed by atoms with Crippen LogP contribution in [0.5, 0.6) is 0 Å². The van der Waals surface area contributed by atoms with Crippen molar-refractivity contribution >= 4 is 20.2 Å². The lowest BCUT2D eigenvalue weighted by Gasteiger charge is -2.36. The maximum Gasteiger partial charge on any atom is 0.316 e. The van der Waals surface area contributed by atoms with Crippen molar-refractivity contribution in [1.82, 2.24) is 5.32 Å². The first-order valence-corrected chi connectivity index (χ1v) is 10.6. The molecule has 1 aliphatic heterocycles. The highest BCUT2D eigenvalue weighted by Gasteiger charge is 2.70. The normalized spacial score (nSPS) is 31.3. The fraction of sp³-hybridized carbons (Fsp3) is 0.867. The van der Waals surface area contributed by atoms with E-state index in [0.29, 0.717) is 19.4 Å². The fourth-order valence-electron chi connectivity index (χ4n) is 3.36. The highest BCUT2D eigenvalue weighted by Crippen LogP contribution is 2.56. The second-order valence-corrected chi connectivity index (χ2v) is 10.9. The van der Waals surface area contributed by atoms with Crippen LogP contribution < -0.4 is 5.32 Å². The second kappa shape index (κ2) is 6.08. The molecule has 0 aromatic heterocycles. The molecule has 0 aromatic carbocycles. The summed E-state index contributed by atoms with van der Waals surface area (Å²) in [6, 6.07) is 3.08. The van der Waals surface area contributed by atoms with E-state index in [0.717, 1.165) is 18.1 Å². The molecule has 5 nitrogen and oxygen atoms in total. The number of ether oxygens (including phenoxy) is 1. The number of nitrogens with one attached hydrogen (secondary N) is 1. The van der Waals surface area contributed by atoms with Crippen molar-refractivity contribution in [2.75, 3.05) is 6.61 Å². The number of rotatable bonds is 8. The van der Waals surface area contributed by atoms with E-state index in [9.17, 15) is 9.59 Å². The molecule has 1 aliphatic carbocycles.